The van der Waals surface area contributed by atoms with Gasteiger partial charge in [0, 0.05) is 27.7 Å². The highest BCUT2D eigenvalue weighted by atomic mass is 35.5. The zero-order chi connectivity index (χ0) is 20.1. The average molecular weight is 428 g/mol. The topological polar surface area (TPSA) is 46.9 Å². The van der Waals surface area contributed by atoms with Crippen LogP contribution < -0.4 is 5.32 Å². The molecule has 0 spiro atoms. The highest BCUT2D eigenvalue weighted by Gasteiger charge is 2.59. The first-order valence-corrected chi connectivity index (χ1v) is 11.0. The fourth-order valence-corrected chi connectivity index (χ4v) is 5.59. The SMILES string of the molecule is CC[C@@H](NC(=O)c1ccc(Cl)cc1)C1[C@H]2CC(n3cnc4ccc(Cl)cc43)C[C@@H]12. The van der Waals surface area contributed by atoms with Crippen molar-refractivity contribution >= 4 is 40.1 Å². The van der Waals surface area contributed by atoms with E-state index in [4.69, 9.17) is 23.2 Å². The lowest BCUT2D eigenvalue weighted by Crippen LogP contribution is -2.37. The molecule has 1 amide bonds. The van der Waals surface area contributed by atoms with Crippen molar-refractivity contribution in [3.63, 3.8) is 0 Å². The summed E-state index contributed by atoms with van der Waals surface area (Å²) in [4.78, 5) is 17.2. The number of nitrogens with one attached hydrogen (secondary N) is 1. The molecule has 29 heavy (non-hydrogen) atoms. The van der Waals surface area contributed by atoms with E-state index in [1.165, 1.54) is 0 Å². The van der Waals surface area contributed by atoms with E-state index in [0.29, 0.717) is 34.4 Å². The molecule has 6 heteroatoms. The fourth-order valence-electron chi connectivity index (χ4n) is 5.30. The van der Waals surface area contributed by atoms with Crippen LogP contribution in [0.5, 0.6) is 0 Å². The molecule has 150 valence electrons. The minimum Gasteiger partial charge on any atom is -0.349 e. The van der Waals surface area contributed by atoms with Crippen molar-refractivity contribution in [3.8, 4) is 0 Å². The van der Waals surface area contributed by atoms with Gasteiger partial charge < -0.3 is 9.88 Å². The molecule has 0 radical (unpaired) electrons. The van der Waals surface area contributed by atoms with Gasteiger partial charge in [0.05, 0.1) is 17.4 Å². The van der Waals surface area contributed by atoms with Crippen LogP contribution in [0.4, 0.5) is 0 Å². The summed E-state index contributed by atoms with van der Waals surface area (Å²) in [7, 11) is 0. The first-order valence-electron chi connectivity index (χ1n) is 10.2. The van der Waals surface area contributed by atoms with Gasteiger partial charge in [0.25, 0.3) is 5.91 Å². The molecule has 2 aliphatic carbocycles. The van der Waals surface area contributed by atoms with Gasteiger partial charge >= 0.3 is 0 Å². The molecule has 1 heterocycles. The third-order valence-electron chi connectivity index (χ3n) is 6.74. The summed E-state index contributed by atoms with van der Waals surface area (Å²) in [6, 6.07) is 13.6. The van der Waals surface area contributed by atoms with E-state index in [1.54, 1.807) is 24.3 Å². The number of hydrogen-bond acceptors (Lipinski definition) is 2. The summed E-state index contributed by atoms with van der Waals surface area (Å²) >= 11 is 12.1. The van der Waals surface area contributed by atoms with Crippen LogP contribution in [0.25, 0.3) is 11.0 Å². The first kappa shape index (κ1) is 19.0. The van der Waals surface area contributed by atoms with E-state index in [2.05, 4.69) is 21.8 Å². The Morgan fingerprint density at radius 2 is 1.83 bits per heavy atom. The third-order valence-corrected chi connectivity index (χ3v) is 7.23. The van der Waals surface area contributed by atoms with Gasteiger partial charge in [0.2, 0.25) is 0 Å². The Balaban J connectivity index is 1.25. The van der Waals surface area contributed by atoms with Crippen LogP contribution in [0.2, 0.25) is 10.0 Å². The number of aromatic nitrogens is 2. The molecule has 4 nitrogen and oxygen atoms in total. The normalized spacial score (nSPS) is 26.3. The predicted molar refractivity (Wildman–Crippen MR) is 116 cm³/mol. The Morgan fingerprint density at radius 3 is 2.52 bits per heavy atom. The van der Waals surface area contributed by atoms with Gasteiger partial charge in [0.1, 0.15) is 0 Å². The van der Waals surface area contributed by atoms with E-state index in [9.17, 15) is 4.79 Å². The fraction of sp³-hybridized carbons (Fsp3) is 0.391. The maximum absolute atomic E-state index is 12.6. The van der Waals surface area contributed by atoms with E-state index < -0.39 is 0 Å². The molecule has 2 unspecified atom stereocenters. The standard InChI is InChI=1S/C23H23Cl2N3O/c1-2-19(27-23(29)13-3-5-14(24)6-4-13)22-17-10-16(11-18(17)22)28-12-26-20-8-7-15(25)9-21(20)28/h3-9,12,16-19,22H,2,10-11H2,1H3,(H,27,29)/t16?,17-,18+,19-,22?/m1/s1. The van der Waals surface area contributed by atoms with Crippen LogP contribution in [0.1, 0.15) is 42.6 Å². The molecule has 2 aromatic carbocycles. The molecular formula is C23H23Cl2N3O. The van der Waals surface area contributed by atoms with Gasteiger partial charge in [-0.15, -0.1) is 0 Å². The molecule has 0 bridgehead atoms. The maximum Gasteiger partial charge on any atom is 0.251 e. The molecule has 2 saturated carbocycles. The Bertz CT molecular complexity index is 1050. The van der Waals surface area contributed by atoms with Crippen molar-refractivity contribution < 1.29 is 4.79 Å². The number of benzene rings is 2. The predicted octanol–water partition coefficient (Wildman–Crippen LogP) is 5.75. The highest BCUT2D eigenvalue weighted by Crippen LogP contribution is 2.62. The summed E-state index contributed by atoms with van der Waals surface area (Å²) in [5.41, 5.74) is 2.77. The number of carbonyl (C=O) groups is 1. The summed E-state index contributed by atoms with van der Waals surface area (Å²) in [6.07, 6.45) is 5.18. The molecule has 1 aromatic heterocycles. The van der Waals surface area contributed by atoms with Crippen molar-refractivity contribution in [2.24, 2.45) is 17.8 Å². The number of nitrogens with zero attached hydrogens (tertiary/aromatic N) is 2. The van der Waals surface area contributed by atoms with Gasteiger partial charge in [-0.1, -0.05) is 30.1 Å². The van der Waals surface area contributed by atoms with Gasteiger partial charge in [-0.05, 0) is 79.5 Å². The summed E-state index contributed by atoms with van der Waals surface area (Å²) < 4.78 is 2.29. The summed E-state index contributed by atoms with van der Waals surface area (Å²) in [5, 5.41) is 4.65. The lowest BCUT2D eigenvalue weighted by atomic mass is 9.99. The van der Waals surface area contributed by atoms with Crippen molar-refractivity contribution in [3.05, 3.63) is 64.4 Å². The average Bonchev–Trinajstić information content (AvgIpc) is 3.06. The minimum absolute atomic E-state index is 0.00899. The van der Waals surface area contributed by atoms with E-state index >= 15 is 0 Å². The van der Waals surface area contributed by atoms with Crippen LogP contribution >= 0.6 is 23.2 Å². The molecule has 0 aliphatic heterocycles. The van der Waals surface area contributed by atoms with Crippen molar-refractivity contribution in [2.75, 3.05) is 0 Å². The van der Waals surface area contributed by atoms with Gasteiger partial charge in [-0.25, -0.2) is 4.98 Å². The largest absolute Gasteiger partial charge is 0.349 e. The second-order valence-electron chi connectivity index (χ2n) is 8.31. The van der Waals surface area contributed by atoms with Crippen molar-refractivity contribution in [1.82, 2.24) is 14.9 Å². The van der Waals surface area contributed by atoms with Crippen molar-refractivity contribution in [2.45, 2.75) is 38.3 Å². The smallest absolute Gasteiger partial charge is 0.251 e. The number of fused-ring (bicyclic) bond motifs is 2. The molecule has 2 aliphatic rings. The van der Waals surface area contributed by atoms with Crippen LogP contribution in [-0.2, 0) is 0 Å². The molecule has 5 rings (SSSR count). The van der Waals surface area contributed by atoms with Crippen molar-refractivity contribution in [1.29, 1.82) is 0 Å². The molecule has 1 N–H and O–H groups in total. The quantitative estimate of drug-likeness (QED) is 0.563. The molecule has 0 saturated heterocycles. The zero-order valence-electron chi connectivity index (χ0n) is 16.2. The molecule has 2 fully saturated rings. The number of rotatable bonds is 5. The van der Waals surface area contributed by atoms with Gasteiger partial charge in [-0.2, -0.15) is 0 Å². The molecule has 5 atom stereocenters. The van der Waals surface area contributed by atoms with Crippen LogP contribution in [-0.4, -0.2) is 21.5 Å². The summed E-state index contributed by atoms with van der Waals surface area (Å²) in [5.74, 6) is 1.91. The Morgan fingerprint density at radius 1 is 1.14 bits per heavy atom. The molecule has 3 aromatic rings. The van der Waals surface area contributed by atoms with E-state index in [-0.39, 0.29) is 11.9 Å². The number of halogens is 2. The van der Waals surface area contributed by atoms with E-state index in [1.807, 2.05) is 24.5 Å². The monoisotopic (exact) mass is 427 g/mol. The zero-order valence-corrected chi connectivity index (χ0v) is 17.7. The second kappa shape index (κ2) is 7.33. The Hall–Kier alpha value is -2.04. The number of hydrogen-bond donors (Lipinski definition) is 1. The highest BCUT2D eigenvalue weighted by molar-refractivity contribution is 6.31. The Labute approximate surface area is 180 Å². The first-order chi connectivity index (χ1) is 14.0. The molecular weight excluding hydrogens is 405 g/mol. The van der Waals surface area contributed by atoms with Crippen LogP contribution in [0.15, 0.2) is 48.8 Å². The third kappa shape index (κ3) is 3.43. The van der Waals surface area contributed by atoms with Gasteiger partial charge in [-0.3, -0.25) is 4.79 Å². The second-order valence-corrected chi connectivity index (χ2v) is 9.18. The number of amides is 1. The lowest BCUT2D eigenvalue weighted by Gasteiger charge is -2.22. The van der Waals surface area contributed by atoms with Crippen LogP contribution in [0.3, 0.4) is 0 Å². The maximum atomic E-state index is 12.6. The number of imidazole rings is 1. The lowest BCUT2D eigenvalue weighted by molar-refractivity contribution is 0.0927. The van der Waals surface area contributed by atoms with Gasteiger partial charge in [0.15, 0.2) is 0 Å². The van der Waals surface area contributed by atoms with E-state index in [0.717, 1.165) is 35.3 Å². The Kier molecular flexibility index (Phi) is 4.79. The van der Waals surface area contributed by atoms with Crippen LogP contribution in [0, 0.1) is 17.8 Å². The minimum atomic E-state index is -0.00899. The summed E-state index contributed by atoms with van der Waals surface area (Å²) in [6.45, 7) is 2.16. The number of carbonyl (C=O) groups excluding carboxylic acids is 1.